The Hall–Kier alpha value is -3.58. The molecular formula is C20H16ClN5O2. The first-order valence-corrected chi connectivity index (χ1v) is 8.80. The molecule has 0 radical (unpaired) electrons. The first kappa shape index (κ1) is 17.8. The lowest BCUT2D eigenvalue weighted by Gasteiger charge is -2.06. The summed E-state index contributed by atoms with van der Waals surface area (Å²) in [5, 5.41) is 15.6. The van der Waals surface area contributed by atoms with Crippen LogP contribution in [0.4, 0.5) is 11.6 Å². The lowest BCUT2D eigenvalue weighted by molar-refractivity contribution is 0.321. The highest BCUT2D eigenvalue weighted by Crippen LogP contribution is 2.28. The smallest absolute Gasteiger partial charge is 0.208 e. The van der Waals surface area contributed by atoms with Gasteiger partial charge in [-0.05, 0) is 42.5 Å². The largest absolute Gasteiger partial charge is 0.457 e. The molecule has 0 aliphatic carbocycles. The molecule has 2 aromatic heterocycles. The van der Waals surface area contributed by atoms with Gasteiger partial charge in [-0.15, -0.1) is 0 Å². The van der Waals surface area contributed by atoms with E-state index in [4.69, 9.17) is 21.5 Å². The number of nitrogens with one attached hydrogen (secondary N) is 1. The van der Waals surface area contributed by atoms with Gasteiger partial charge in [-0.3, -0.25) is 4.98 Å². The molecule has 4 aromatic rings. The van der Waals surface area contributed by atoms with Crippen LogP contribution in [-0.2, 0) is 7.05 Å². The van der Waals surface area contributed by atoms with Gasteiger partial charge in [-0.2, -0.15) is 0 Å². The van der Waals surface area contributed by atoms with Gasteiger partial charge in [-0.25, -0.2) is 4.98 Å². The Labute approximate surface area is 165 Å². The number of aryl methyl sites for hydroxylation is 1. The van der Waals surface area contributed by atoms with E-state index in [1.807, 2.05) is 54.1 Å². The molecule has 0 amide bonds. The second-order valence-corrected chi connectivity index (χ2v) is 6.48. The van der Waals surface area contributed by atoms with Crippen molar-refractivity contribution in [2.45, 2.75) is 0 Å². The van der Waals surface area contributed by atoms with Crippen molar-refractivity contribution < 1.29 is 9.94 Å². The number of hydrogen-bond acceptors (Lipinski definition) is 6. The molecule has 2 aromatic carbocycles. The molecule has 2 heterocycles. The van der Waals surface area contributed by atoms with E-state index >= 15 is 0 Å². The summed E-state index contributed by atoms with van der Waals surface area (Å²) >= 11 is 5.94. The van der Waals surface area contributed by atoms with Crippen LogP contribution in [0, 0.1) is 0 Å². The van der Waals surface area contributed by atoms with Gasteiger partial charge in [0.05, 0.1) is 22.9 Å². The van der Waals surface area contributed by atoms with Gasteiger partial charge in [0, 0.05) is 36.1 Å². The van der Waals surface area contributed by atoms with Crippen molar-refractivity contribution in [1.82, 2.24) is 14.5 Å². The normalized spacial score (nSPS) is 11.2. The number of nitrogens with zero attached hydrogens (tertiary/aromatic N) is 4. The molecule has 8 heteroatoms. The Bertz CT molecular complexity index is 1160. The number of oxime groups is 1. The number of aromatic nitrogens is 3. The number of halogens is 1. The highest BCUT2D eigenvalue weighted by atomic mass is 35.5. The fourth-order valence-electron chi connectivity index (χ4n) is 2.77. The predicted molar refractivity (Wildman–Crippen MR) is 109 cm³/mol. The van der Waals surface area contributed by atoms with Crippen molar-refractivity contribution in [1.29, 1.82) is 0 Å². The quantitative estimate of drug-likeness (QED) is 0.284. The zero-order chi connectivity index (χ0) is 19.5. The standard InChI is InChI=1S/C20H16ClN5O2/c1-26-19-7-6-16(28-17-8-9-22-15(10-17)12-23-27)11-18(19)25-20(26)24-14-4-2-13(21)3-5-14/h2-12,27H,1H3,(H,24,25)/b23-12-. The molecule has 28 heavy (non-hydrogen) atoms. The first-order chi connectivity index (χ1) is 13.6. The number of anilines is 2. The van der Waals surface area contributed by atoms with Gasteiger partial charge in [0.15, 0.2) is 0 Å². The zero-order valence-corrected chi connectivity index (χ0v) is 15.6. The number of pyridine rings is 1. The van der Waals surface area contributed by atoms with Crippen LogP contribution in [-0.4, -0.2) is 26.0 Å². The summed E-state index contributed by atoms with van der Waals surface area (Å²) < 4.78 is 7.85. The van der Waals surface area contributed by atoms with Gasteiger partial charge in [0.1, 0.15) is 11.5 Å². The average Bonchev–Trinajstić information content (AvgIpc) is 2.99. The fourth-order valence-corrected chi connectivity index (χ4v) is 2.90. The molecule has 0 fully saturated rings. The van der Waals surface area contributed by atoms with Crippen LogP contribution in [0.2, 0.25) is 5.02 Å². The van der Waals surface area contributed by atoms with Gasteiger partial charge in [0.25, 0.3) is 0 Å². The van der Waals surface area contributed by atoms with Gasteiger partial charge in [-0.1, -0.05) is 16.8 Å². The minimum absolute atomic E-state index is 0.494. The maximum absolute atomic E-state index is 8.63. The molecule has 0 saturated carbocycles. The van der Waals surface area contributed by atoms with Crippen LogP contribution in [0.5, 0.6) is 11.5 Å². The Morgan fingerprint density at radius 2 is 1.89 bits per heavy atom. The predicted octanol–water partition coefficient (Wildman–Crippen LogP) is 4.97. The SMILES string of the molecule is Cn1c(Nc2ccc(Cl)cc2)nc2cc(Oc3ccnc(/C=N\O)c3)ccc21. The van der Waals surface area contributed by atoms with Crippen molar-refractivity contribution in [3.63, 3.8) is 0 Å². The van der Waals surface area contributed by atoms with Gasteiger partial charge >= 0.3 is 0 Å². The van der Waals surface area contributed by atoms with Crippen LogP contribution < -0.4 is 10.1 Å². The maximum Gasteiger partial charge on any atom is 0.208 e. The summed E-state index contributed by atoms with van der Waals surface area (Å²) in [4.78, 5) is 8.71. The number of benzene rings is 2. The maximum atomic E-state index is 8.63. The number of ether oxygens (including phenoxy) is 1. The Morgan fingerprint density at radius 3 is 2.68 bits per heavy atom. The van der Waals surface area contributed by atoms with E-state index in [2.05, 4.69) is 20.4 Å². The van der Waals surface area contributed by atoms with Crippen LogP contribution in [0.3, 0.4) is 0 Å². The molecule has 0 aliphatic heterocycles. The fraction of sp³-hybridized carbons (Fsp3) is 0.0500. The highest BCUT2D eigenvalue weighted by Gasteiger charge is 2.10. The van der Waals surface area contributed by atoms with E-state index in [9.17, 15) is 0 Å². The van der Waals surface area contributed by atoms with E-state index in [1.165, 1.54) is 6.21 Å². The Balaban J connectivity index is 1.60. The first-order valence-electron chi connectivity index (χ1n) is 8.43. The molecule has 0 atom stereocenters. The summed E-state index contributed by atoms with van der Waals surface area (Å²) in [5.41, 5.74) is 3.15. The van der Waals surface area contributed by atoms with Gasteiger partial charge in [0.2, 0.25) is 5.95 Å². The average molecular weight is 394 g/mol. The van der Waals surface area contributed by atoms with Gasteiger partial charge < -0.3 is 19.8 Å². The highest BCUT2D eigenvalue weighted by molar-refractivity contribution is 6.30. The van der Waals surface area contributed by atoms with Crippen molar-refractivity contribution in [3.05, 3.63) is 71.5 Å². The minimum Gasteiger partial charge on any atom is -0.457 e. The zero-order valence-electron chi connectivity index (χ0n) is 14.9. The third kappa shape index (κ3) is 3.74. The molecule has 0 spiro atoms. The molecule has 4 rings (SSSR count). The van der Waals surface area contributed by atoms with E-state index in [0.29, 0.717) is 28.2 Å². The topological polar surface area (TPSA) is 84.6 Å². The van der Waals surface area contributed by atoms with Crippen LogP contribution in [0.15, 0.2) is 65.9 Å². The Kier molecular flexibility index (Phi) is 4.82. The van der Waals surface area contributed by atoms with Crippen LogP contribution in [0.25, 0.3) is 11.0 Å². The lowest BCUT2D eigenvalue weighted by Crippen LogP contribution is -1.98. The van der Waals surface area contributed by atoms with Crippen molar-refractivity contribution in [2.24, 2.45) is 12.2 Å². The van der Waals surface area contributed by atoms with Crippen molar-refractivity contribution in [3.8, 4) is 11.5 Å². The van der Waals surface area contributed by atoms with Crippen LogP contribution >= 0.6 is 11.6 Å². The molecule has 0 saturated heterocycles. The summed E-state index contributed by atoms with van der Waals surface area (Å²) in [6.07, 6.45) is 2.82. The number of hydrogen-bond donors (Lipinski definition) is 2. The molecular weight excluding hydrogens is 378 g/mol. The molecule has 140 valence electrons. The molecule has 0 bridgehead atoms. The van der Waals surface area contributed by atoms with E-state index in [0.717, 1.165) is 16.7 Å². The molecule has 7 nitrogen and oxygen atoms in total. The number of imidazole rings is 1. The van der Waals surface area contributed by atoms with E-state index < -0.39 is 0 Å². The second-order valence-electron chi connectivity index (χ2n) is 6.04. The summed E-state index contributed by atoms with van der Waals surface area (Å²) in [5.74, 6) is 1.93. The number of rotatable bonds is 5. The molecule has 2 N–H and O–H groups in total. The van der Waals surface area contributed by atoms with Crippen LogP contribution in [0.1, 0.15) is 5.69 Å². The van der Waals surface area contributed by atoms with Crippen molar-refractivity contribution in [2.75, 3.05) is 5.32 Å². The number of fused-ring (bicyclic) bond motifs is 1. The minimum atomic E-state index is 0.494. The lowest BCUT2D eigenvalue weighted by atomic mass is 10.3. The second kappa shape index (κ2) is 7.58. The van der Waals surface area contributed by atoms with Crippen molar-refractivity contribution >= 4 is 40.5 Å². The third-order valence-corrected chi connectivity index (χ3v) is 4.38. The Morgan fingerprint density at radius 1 is 1.11 bits per heavy atom. The molecule has 0 aliphatic rings. The summed E-state index contributed by atoms with van der Waals surface area (Å²) in [7, 11) is 1.94. The monoisotopic (exact) mass is 393 g/mol. The third-order valence-electron chi connectivity index (χ3n) is 4.13. The summed E-state index contributed by atoms with van der Waals surface area (Å²) in [6.45, 7) is 0. The van der Waals surface area contributed by atoms with E-state index in [-0.39, 0.29) is 0 Å². The summed E-state index contributed by atoms with van der Waals surface area (Å²) in [6, 6.07) is 16.5. The molecule has 0 unspecified atom stereocenters. The van der Waals surface area contributed by atoms with E-state index in [1.54, 1.807) is 18.3 Å².